The predicted molar refractivity (Wildman–Crippen MR) is 116 cm³/mol. The molecule has 8 heteroatoms. The van der Waals surface area contributed by atoms with Crippen molar-refractivity contribution in [3.8, 4) is 5.75 Å². The molecule has 2 aromatic rings. The molecular formula is C21H28FN3O3S. The summed E-state index contributed by atoms with van der Waals surface area (Å²) in [6.45, 7) is 4.58. The topological polar surface area (TPSA) is 79.8 Å². The number of sulfone groups is 1. The summed E-state index contributed by atoms with van der Waals surface area (Å²) in [5.74, 6) is 0.916. The van der Waals surface area contributed by atoms with Crippen LogP contribution < -0.4 is 15.4 Å². The second-order valence-corrected chi connectivity index (χ2v) is 9.24. The quantitative estimate of drug-likeness (QED) is 0.480. The highest BCUT2D eigenvalue weighted by Gasteiger charge is 2.05. The van der Waals surface area contributed by atoms with Gasteiger partial charge in [0.25, 0.3) is 0 Å². The largest absolute Gasteiger partial charge is 0.491 e. The van der Waals surface area contributed by atoms with Gasteiger partial charge in [-0.25, -0.2) is 12.8 Å². The van der Waals surface area contributed by atoms with E-state index in [-0.39, 0.29) is 24.2 Å². The SMILES string of the molecule is CC(C)Oc1ccc(NC(=NCCS(C)(=O)=O)NCCc2cccc(F)c2)cc1. The van der Waals surface area contributed by atoms with E-state index in [0.717, 1.165) is 17.0 Å². The van der Waals surface area contributed by atoms with Gasteiger partial charge in [-0.05, 0) is 62.2 Å². The zero-order chi connectivity index (χ0) is 21.3. The normalized spacial score (nSPS) is 12.1. The molecule has 0 aromatic heterocycles. The number of aliphatic imine (C=N–C) groups is 1. The van der Waals surface area contributed by atoms with Gasteiger partial charge in [-0.3, -0.25) is 4.99 Å². The van der Waals surface area contributed by atoms with Crippen LogP contribution in [0.15, 0.2) is 53.5 Å². The average molecular weight is 422 g/mol. The van der Waals surface area contributed by atoms with Crippen molar-refractivity contribution in [2.45, 2.75) is 26.4 Å². The molecule has 2 aromatic carbocycles. The lowest BCUT2D eigenvalue weighted by atomic mass is 10.1. The standard InChI is InChI=1S/C21H28FN3O3S/c1-16(2)28-20-9-7-19(8-10-20)25-21(24-13-14-29(3,26)27)23-12-11-17-5-4-6-18(22)15-17/h4-10,15-16H,11-14H2,1-3H3,(H2,23,24,25). The number of benzene rings is 2. The summed E-state index contributed by atoms with van der Waals surface area (Å²) < 4.78 is 41.7. The summed E-state index contributed by atoms with van der Waals surface area (Å²) in [5, 5.41) is 6.32. The lowest BCUT2D eigenvalue weighted by Crippen LogP contribution is -2.33. The molecule has 0 unspecified atom stereocenters. The van der Waals surface area contributed by atoms with E-state index in [4.69, 9.17) is 4.74 Å². The van der Waals surface area contributed by atoms with Gasteiger partial charge in [-0.15, -0.1) is 0 Å². The lowest BCUT2D eigenvalue weighted by Gasteiger charge is -2.14. The Morgan fingerprint density at radius 3 is 2.52 bits per heavy atom. The average Bonchev–Trinajstić information content (AvgIpc) is 2.62. The van der Waals surface area contributed by atoms with Gasteiger partial charge < -0.3 is 15.4 Å². The molecule has 0 heterocycles. The summed E-state index contributed by atoms with van der Waals surface area (Å²) in [7, 11) is -3.10. The van der Waals surface area contributed by atoms with Crippen molar-refractivity contribution >= 4 is 21.5 Å². The summed E-state index contributed by atoms with van der Waals surface area (Å²) in [6.07, 6.45) is 1.87. The maximum Gasteiger partial charge on any atom is 0.195 e. The summed E-state index contributed by atoms with van der Waals surface area (Å²) in [5.41, 5.74) is 1.65. The Morgan fingerprint density at radius 2 is 1.90 bits per heavy atom. The molecule has 0 aliphatic carbocycles. The monoisotopic (exact) mass is 421 g/mol. The molecule has 0 saturated carbocycles. The Bertz CT molecular complexity index is 913. The van der Waals surface area contributed by atoms with Crippen LogP contribution in [-0.2, 0) is 16.3 Å². The first-order valence-electron chi connectivity index (χ1n) is 9.45. The minimum Gasteiger partial charge on any atom is -0.491 e. The third-order valence-electron chi connectivity index (χ3n) is 3.82. The third-order valence-corrected chi connectivity index (χ3v) is 4.74. The number of hydrogen-bond acceptors (Lipinski definition) is 4. The number of guanidine groups is 1. The molecular weight excluding hydrogens is 393 g/mol. The first kappa shape index (κ1) is 22.7. The summed E-state index contributed by atoms with van der Waals surface area (Å²) in [4.78, 5) is 4.33. The van der Waals surface area contributed by atoms with E-state index < -0.39 is 9.84 Å². The Kier molecular flexibility index (Phi) is 8.45. The van der Waals surface area contributed by atoms with E-state index in [1.807, 2.05) is 44.2 Å². The molecule has 29 heavy (non-hydrogen) atoms. The highest BCUT2D eigenvalue weighted by atomic mass is 32.2. The first-order chi connectivity index (χ1) is 13.7. The van der Waals surface area contributed by atoms with Crippen LogP contribution in [0.3, 0.4) is 0 Å². The molecule has 0 aliphatic rings. The summed E-state index contributed by atoms with van der Waals surface area (Å²) in [6, 6.07) is 13.8. The number of nitrogens with zero attached hydrogens (tertiary/aromatic N) is 1. The summed E-state index contributed by atoms with van der Waals surface area (Å²) >= 11 is 0. The zero-order valence-corrected chi connectivity index (χ0v) is 17.8. The number of nitrogens with one attached hydrogen (secondary N) is 2. The van der Waals surface area contributed by atoms with Gasteiger partial charge in [0.2, 0.25) is 0 Å². The minimum absolute atomic E-state index is 0.0368. The maximum absolute atomic E-state index is 13.3. The smallest absolute Gasteiger partial charge is 0.195 e. The molecule has 0 amide bonds. The van der Waals surface area contributed by atoms with Crippen molar-refractivity contribution in [1.29, 1.82) is 0 Å². The predicted octanol–water partition coefficient (Wildman–Crippen LogP) is 3.26. The molecule has 0 fully saturated rings. The van der Waals surface area contributed by atoms with Crippen molar-refractivity contribution in [3.05, 3.63) is 59.9 Å². The van der Waals surface area contributed by atoms with Gasteiger partial charge in [-0.2, -0.15) is 0 Å². The minimum atomic E-state index is -3.10. The molecule has 2 N–H and O–H groups in total. The molecule has 2 rings (SSSR count). The second-order valence-electron chi connectivity index (χ2n) is 6.98. The van der Waals surface area contributed by atoms with Crippen LogP contribution >= 0.6 is 0 Å². The van der Waals surface area contributed by atoms with Gasteiger partial charge >= 0.3 is 0 Å². The molecule has 6 nitrogen and oxygen atoms in total. The van der Waals surface area contributed by atoms with Crippen LogP contribution in [0.1, 0.15) is 19.4 Å². The van der Waals surface area contributed by atoms with E-state index in [0.29, 0.717) is 18.9 Å². The fourth-order valence-electron chi connectivity index (χ4n) is 2.51. The fourth-order valence-corrected chi connectivity index (χ4v) is 2.93. The molecule has 0 bridgehead atoms. The number of hydrogen-bond donors (Lipinski definition) is 2. The van der Waals surface area contributed by atoms with E-state index in [2.05, 4.69) is 15.6 Å². The molecule has 0 spiro atoms. The van der Waals surface area contributed by atoms with Gasteiger partial charge in [0.05, 0.1) is 18.4 Å². The van der Waals surface area contributed by atoms with E-state index in [1.165, 1.54) is 18.4 Å². The van der Waals surface area contributed by atoms with E-state index >= 15 is 0 Å². The highest BCUT2D eigenvalue weighted by molar-refractivity contribution is 7.90. The van der Waals surface area contributed by atoms with Crippen molar-refractivity contribution < 1.29 is 17.5 Å². The van der Waals surface area contributed by atoms with E-state index in [1.54, 1.807) is 6.07 Å². The lowest BCUT2D eigenvalue weighted by molar-refractivity contribution is 0.242. The maximum atomic E-state index is 13.3. The van der Waals surface area contributed by atoms with Crippen LogP contribution in [0.2, 0.25) is 0 Å². The van der Waals surface area contributed by atoms with Crippen LogP contribution in [0.25, 0.3) is 0 Å². The van der Waals surface area contributed by atoms with Gasteiger partial charge in [0.15, 0.2) is 5.96 Å². The number of rotatable bonds is 9. The second kappa shape index (κ2) is 10.8. The third kappa shape index (κ3) is 9.43. The Labute approximate surface area is 172 Å². The first-order valence-corrected chi connectivity index (χ1v) is 11.5. The van der Waals surface area contributed by atoms with Crippen molar-refractivity contribution in [2.75, 3.05) is 30.4 Å². The molecule has 0 radical (unpaired) electrons. The fraction of sp³-hybridized carbons (Fsp3) is 0.381. The highest BCUT2D eigenvalue weighted by Crippen LogP contribution is 2.16. The molecule has 0 saturated heterocycles. The molecule has 0 aliphatic heterocycles. The van der Waals surface area contributed by atoms with Crippen LogP contribution in [0, 0.1) is 5.82 Å². The van der Waals surface area contributed by atoms with E-state index in [9.17, 15) is 12.8 Å². The van der Waals surface area contributed by atoms with Gasteiger partial charge in [0, 0.05) is 18.5 Å². The Morgan fingerprint density at radius 1 is 1.17 bits per heavy atom. The number of anilines is 1. The zero-order valence-electron chi connectivity index (χ0n) is 17.0. The van der Waals surface area contributed by atoms with Crippen molar-refractivity contribution in [1.82, 2.24) is 5.32 Å². The number of halogens is 1. The van der Waals surface area contributed by atoms with Crippen LogP contribution in [-0.4, -0.2) is 45.6 Å². The number of ether oxygens (including phenoxy) is 1. The Hall–Kier alpha value is -2.61. The van der Waals surface area contributed by atoms with Crippen molar-refractivity contribution in [2.24, 2.45) is 4.99 Å². The van der Waals surface area contributed by atoms with Crippen molar-refractivity contribution in [3.63, 3.8) is 0 Å². The molecule has 158 valence electrons. The van der Waals surface area contributed by atoms with Crippen LogP contribution in [0.5, 0.6) is 5.75 Å². The van der Waals surface area contributed by atoms with Gasteiger partial charge in [0.1, 0.15) is 21.4 Å². The Balaban J connectivity index is 2.00. The molecule has 0 atom stereocenters. The van der Waals surface area contributed by atoms with Crippen LogP contribution in [0.4, 0.5) is 10.1 Å². The van der Waals surface area contributed by atoms with Gasteiger partial charge in [-0.1, -0.05) is 12.1 Å².